The Morgan fingerprint density at radius 2 is 1.00 bits per heavy atom. The van der Waals surface area contributed by atoms with Crippen molar-refractivity contribution in [3.05, 3.63) is 0 Å². The van der Waals surface area contributed by atoms with E-state index in [0.717, 1.165) is 0 Å². The van der Waals surface area contributed by atoms with Gasteiger partial charge in [0.15, 0.2) is 0 Å². The van der Waals surface area contributed by atoms with Crippen LogP contribution in [0.4, 0.5) is 0 Å². The summed E-state index contributed by atoms with van der Waals surface area (Å²) in [6.45, 7) is 0. The lowest BCUT2D eigenvalue weighted by Gasteiger charge is -2.17. The summed E-state index contributed by atoms with van der Waals surface area (Å²) in [5, 5.41) is 0. The van der Waals surface area contributed by atoms with Crippen molar-refractivity contribution in [2.24, 2.45) is 5.92 Å². The summed E-state index contributed by atoms with van der Waals surface area (Å²) in [5.74, 6) is -0.520. The Bertz CT molecular complexity index is 391. The topological polar surface area (TPSA) is 173 Å². The average Bonchev–Trinajstić information content (AvgIpc) is 2.10. The van der Waals surface area contributed by atoms with Crippen molar-refractivity contribution in [1.29, 1.82) is 0 Å². The lowest BCUT2D eigenvalue weighted by Crippen LogP contribution is -2.09. The fourth-order valence-corrected chi connectivity index (χ4v) is 4.06. The van der Waals surface area contributed by atoms with Crippen LogP contribution in [-0.2, 0) is 13.7 Å². The van der Waals surface area contributed by atoms with Crippen LogP contribution in [0.2, 0.25) is 0 Å². The highest BCUT2D eigenvalue weighted by Crippen LogP contribution is 2.42. The molecule has 0 unspecified atom stereocenters. The van der Waals surface area contributed by atoms with Crippen LogP contribution in [-0.4, -0.2) is 47.8 Å². The number of hydrogen-bond donors (Lipinski definition) is 6. The third kappa shape index (κ3) is 14.9. The SMILES string of the molecule is O=P(O)(O)CCCC(CCCP(=O)(O)O)CP(=O)(O)O. The molecule has 0 rings (SSSR count). The smallest absolute Gasteiger partial charge is 0.324 e. The predicted octanol–water partition coefficient (Wildman–Crippen LogP) is 0.696. The van der Waals surface area contributed by atoms with E-state index in [1.54, 1.807) is 0 Å². The summed E-state index contributed by atoms with van der Waals surface area (Å²) in [5.41, 5.74) is 0. The van der Waals surface area contributed by atoms with Crippen molar-refractivity contribution in [2.45, 2.75) is 25.7 Å². The number of hydrogen-bond acceptors (Lipinski definition) is 3. The maximum absolute atomic E-state index is 10.9. The molecule has 20 heavy (non-hydrogen) atoms. The van der Waals surface area contributed by atoms with Crippen molar-refractivity contribution in [3.63, 3.8) is 0 Å². The summed E-state index contributed by atoms with van der Waals surface area (Å²) in [6.07, 6.45) is -0.605. The second kappa shape index (κ2) is 8.18. The van der Waals surface area contributed by atoms with Crippen molar-refractivity contribution < 1.29 is 43.1 Å². The minimum absolute atomic E-state index is 0.102. The fraction of sp³-hybridized carbons (Fsp3) is 1.00. The van der Waals surface area contributed by atoms with Gasteiger partial charge in [0.1, 0.15) is 0 Å². The molecule has 0 aromatic carbocycles. The molecule has 0 aliphatic carbocycles. The Morgan fingerprint density at radius 3 is 1.25 bits per heavy atom. The highest BCUT2D eigenvalue weighted by atomic mass is 31.2. The first-order chi connectivity index (χ1) is 8.79. The van der Waals surface area contributed by atoms with E-state index in [1.165, 1.54) is 0 Å². The van der Waals surface area contributed by atoms with Crippen molar-refractivity contribution in [2.75, 3.05) is 18.5 Å². The molecular formula is C8H21O9P3. The van der Waals surface area contributed by atoms with Crippen LogP contribution in [0.3, 0.4) is 0 Å². The largest absolute Gasteiger partial charge is 0.325 e. The third-order valence-corrected chi connectivity index (χ3v) is 5.41. The molecule has 0 aliphatic heterocycles. The summed E-state index contributed by atoms with van der Waals surface area (Å²) >= 11 is 0. The molecule has 6 N–H and O–H groups in total. The molecule has 9 nitrogen and oxygen atoms in total. The van der Waals surface area contributed by atoms with E-state index in [9.17, 15) is 13.7 Å². The minimum atomic E-state index is -4.27. The van der Waals surface area contributed by atoms with E-state index >= 15 is 0 Å². The molecule has 0 aliphatic rings. The molecule has 0 aromatic rings. The summed E-state index contributed by atoms with van der Waals surface area (Å²) in [6, 6.07) is 0. The third-order valence-electron chi connectivity index (χ3n) is 2.62. The van der Waals surface area contributed by atoms with Crippen molar-refractivity contribution in [1.82, 2.24) is 0 Å². The van der Waals surface area contributed by atoms with E-state index in [4.69, 9.17) is 29.4 Å². The summed E-state index contributed by atoms with van der Waals surface area (Å²) in [7, 11) is -12.6. The quantitative estimate of drug-likeness (QED) is 0.309. The standard InChI is InChI=1S/C8H21O9P3/c9-18(10,11)5-1-3-8(7-20(15,16)17)4-2-6-19(12,13)14/h8H,1-7H2,(H2,9,10,11)(H2,12,13,14)(H2,15,16,17). The Morgan fingerprint density at radius 1 is 0.650 bits per heavy atom. The van der Waals surface area contributed by atoms with Gasteiger partial charge >= 0.3 is 22.8 Å². The first-order valence-corrected chi connectivity index (χ1v) is 11.3. The van der Waals surface area contributed by atoms with Gasteiger partial charge in [0.2, 0.25) is 0 Å². The zero-order valence-electron chi connectivity index (χ0n) is 10.8. The Kier molecular flexibility index (Phi) is 8.36. The maximum Gasteiger partial charge on any atom is 0.325 e. The number of rotatable bonds is 10. The normalized spacial score (nSPS) is 13.9. The lowest BCUT2D eigenvalue weighted by molar-refractivity contribution is 0.347. The van der Waals surface area contributed by atoms with E-state index in [2.05, 4.69) is 0 Å². The molecule has 0 saturated carbocycles. The Balaban J connectivity index is 4.31. The van der Waals surface area contributed by atoms with Gasteiger partial charge < -0.3 is 29.4 Å². The minimum Gasteiger partial charge on any atom is -0.324 e. The zero-order valence-corrected chi connectivity index (χ0v) is 13.5. The maximum atomic E-state index is 10.9. The van der Waals surface area contributed by atoms with Gasteiger partial charge in [-0.3, -0.25) is 13.7 Å². The summed E-state index contributed by atoms with van der Waals surface area (Å²) in [4.78, 5) is 52.6. The second-order valence-corrected chi connectivity index (χ2v) is 10.0. The molecule has 0 spiro atoms. The van der Waals surface area contributed by atoms with Crippen LogP contribution in [0.25, 0.3) is 0 Å². The summed E-state index contributed by atoms with van der Waals surface area (Å²) < 4.78 is 32.3. The van der Waals surface area contributed by atoms with E-state index < -0.39 is 34.9 Å². The van der Waals surface area contributed by atoms with E-state index in [1.807, 2.05) is 0 Å². The molecule has 0 atom stereocenters. The van der Waals surface area contributed by atoms with Gasteiger partial charge in [-0.05, 0) is 31.6 Å². The van der Waals surface area contributed by atoms with Crippen LogP contribution >= 0.6 is 22.8 Å². The molecule has 12 heteroatoms. The fourth-order valence-electron chi connectivity index (χ4n) is 1.84. The molecule has 0 saturated heterocycles. The monoisotopic (exact) mass is 354 g/mol. The van der Waals surface area contributed by atoms with E-state index in [-0.39, 0.29) is 38.0 Å². The van der Waals surface area contributed by atoms with Crippen molar-refractivity contribution in [3.8, 4) is 0 Å². The first-order valence-electron chi connectivity index (χ1n) is 5.92. The van der Waals surface area contributed by atoms with Crippen LogP contribution in [0.5, 0.6) is 0 Å². The Hall–Kier alpha value is 0.450. The van der Waals surface area contributed by atoms with Gasteiger partial charge in [-0.15, -0.1) is 0 Å². The molecule has 0 radical (unpaired) electrons. The average molecular weight is 354 g/mol. The van der Waals surface area contributed by atoms with Crippen LogP contribution in [0.15, 0.2) is 0 Å². The lowest BCUT2D eigenvalue weighted by atomic mass is 10.0. The molecule has 0 heterocycles. The van der Waals surface area contributed by atoms with Gasteiger partial charge in [-0.1, -0.05) is 0 Å². The molecule has 0 aromatic heterocycles. The van der Waals surface area contributed by atoms with Gasteiger partial charge in [-0.25, -0.2) is 0 Å². The second-order valence-electron chi connectivity index (χ2n) is 4.77. The van der Waals surface area contributed by atoms with Crippen molar-refractivity contribution >= 4 is 22.8 Å². The van der Waals surface area contributed by atoms with Gasteiger partial charge in [0.05, 0.1) is 6.16 Å². The van der Waals surface area contributed by atoms with Crippen LogP contribution in [0.1, 0.15) is 25.7 Å². The Labute approximate surface area is 116 Å². The molecule has 122 valence electrons. The van der Waals surface area contributed by atoms with E-state index in [0.29, 0.717) is 0 Å². The van der Waals surface area contributed by atoms with Gasteiger partial charge in [-0.2, -0.15) is 0 Å². The van der Waals surface area contributed by atoms with Gasteiger partial charge in [0, 0.05) is 12.3 Å². The molecule has 0 bridgehead atoms. The predicted molar refractivity (Wildman–Crippen MR) is 72.7 cm³/mol. The van der Waals surface area contributed by atoms with Crippen LogP contribution < -0.4 is 0 Å². The van der Waals surface area contributed by atoms with Crippen LogP contribution in [0, 0.1) is 5.92 Å². The molecule has 0 amide bonds. The highest BCUT2D eigenvalue weighted by Gasteiger charge is 2.23. The molecule has 0 fully saturated rings. The molecular weight excluding hydrogens is 333 g/mol. The highest BCUT2D eigenvalue weighted by molar-refractivity contribution is 7.52. The first kappa shape index (κ1) is 20.5. The van der Waals surface area contributed by atoms with Gasteiger partial charge in [0.25, 0.3) is 0 Å². The zero-order chi connectivity index (χ0) is 16.0.